The van der Waals surface area contributed by atoms with Crippen molar-refractivity contribution >= 4 is 30.7 Å². The lowest BCUT2D eigenvalue weighted by atomic mass is 9.79. The van der Waals surface area contributed by atoms with Gasteiger partial charge >= 0.3 is 5.97 Å². The molecule has 0 aromatic heterocycles. The van der Waals surface area contributed by atoms with Gasteiger partial charge in [-0.3, -0.25) is 0 Å². The van der Waals surface area contributed by atoms with Crippen molar-refractivity contribution < 1.29 is 14.3 Å². The number of esters is 1. The third-order valence-electron chi connectivity index (χ3n) is 5.09. The molecule has 0 aliphatic carbocycles. The highest BCUT2D eigenvalue weighted by Crippen LogP contribution is 2.45. The molecule has 3 aromatic rings. The number of ether oxygens (including phenoxy) is 2. The number of benzene rings is 3. The van der Waals surface area contributed by atoms with Crippen LogP contribution in [0.4, 0.5) is 0 Å². The monoisotopic (exact) mass is 368 g/mol. The van der Waals surface area contributed by atoms with Crippen LogP contribution in [0.5, 0.6) is 5.75 Å². The van der Waals surface area contributed by atoms with E-state index in [2.05, 4.69) is 6.07 Å². The van der Waals surface area contributed by atoms with Crippen LogP contribution in [-0.4, -0.2) is 26.4 Å². The van der Waals surface area contributed by atoms with Gasteiger partial charge in [0.1, 0.15) is 13.6 Å². The number of carbonyl (C=O) groups excluding carboxylic acids is 1. The maximum absolute atomic E-state index is 12.9. The first-order valence-electron chi connectivity index (χ1n) is 9.23. The molecule has 4 heteroatoms. The predicted octanol–water partition coefficient (Wildman–Crippen LogP) is 5.20. The fourth-order valence-corrected chi connectivity index (χ4v) is 3.70. The lowest BCUT2D eigenvalue weighted by Gasteiger charge is -2.31. The van der Waals surface area contributed by atoms with Crippen molar-refractivity contribution in [3.63, 3.8) is 0 Å². The van der Waals surface area contributed by atoms with Crippen molar-refractivity contribution in [1.29, 1.82) is 0 Å². The van der Waals surface area contributed by atoms with Crippen molar-refractivity contribution in [3.05, 3.63) is 70.8 Å². The highest BCUT2D eigenvalue weighted by molar-refractivity contribution is 6.18. The second kappa shape index (κ2) is 6.56. The molecule has 1 atom stereocenters. The quantitative estimate of drug-likeness (QED) is 0.461. The molecule has 0 N–H and O–H groups in total. The van der Waals surface area contributed by atoms with Crippen molar-refractivity contribution in [2.24, 2.45) is 0 Å². The predicted molar refractivity (Wildman–Crippen MR) is 114 cm³/mol. The molecule has 0 fully saturated rings. The van der Waals surface area contributed by atoms with Gasteiger partial charge in [0.15, 0.2) is 0 Å². The largest absolute Gasteiger partial charge is 0.492 e. The Balaban J connectivity index is 2.18. The highest BCUT2D eigenvalue weighted by atomic mass is 16.5. The van der Waals surface area contributed by atoms with E-state index in [4.69, 9.17) is 17.3 Å². The molecule has 138 valence electrons. The summed E-state index contributed by atoms with van der Waals surface area (Å²) in [5, 5.41) is 1.86. The summed E-state index contributed by atoms with van der Waals surface area (Å²) in [5.41, 5.74) is 4.30. The number of methoxy groups -OCH3 is 1. The van der Waals surface area contributed by atoms with Gasteiger partial charge in [-0.2, -0.15) is 0 Å². The number of hydrogen-bond donors (Lipinski definition) is 0. The molecule has 0 saturated carbocycles. The molecule has 4 rings (SSSR count). The third-order valence-corrected chi connectivity index (χ3v) is 5.09. The summed E-state index contributed by atoms with van der Waals surface area (Å²) in [6, 6.07) is 14.3. The zero-order valence-electron chi connectivity index (χ0n) is 16.5. The van der Waals surface area contributed by atoms with Crippen molar-refractivity contribution in [2.45, 2.75) is 26.3 Å². The van der Waals surface area contributed by atoms with Crippen LogP contribution < -0.4 is 4.74 Å². The number of rotatable bonds is 2. The zero-order chi connectivity index (χ0) is 20.1. The maximum Gasteiger partial charge on any atom is 0.339 e. The normalized spacial score (nSPS) is 17.9. The first kappa shape index (κ1) is 18.4. The first-order valence-corrected chi connectivity index (χ1v) is 9.23. The van der Waals surface area contributed by atoms with Crippen molar-refractivity contribution in [3.8, 4) is 16.9 Å². The smallest absolute Gasteiger partial charge is 0.339 e. The van der Waals surface area contributed by atoms with Crippen LogP contribution in [0.15, 0.2) is 48.5 Å². The topological polar surface area (TPSA) is 35.5 Å². The summed E-state index contributed by atoms with van der Waals surface area (Å²) in [4.78, 5) is 12.9. The molecule has 1 heterocycles. The van der Waals surface area contributed by atoms with E-state index in [0.717, 1.165) is 33.0 Å². The third kappa shape index (κ3) is 2.99. The molecule has 3 aromatic carbocycles. The molecule has 28 heavy (non-hydrogen) atoms. The lowest BCUT2D eigenvalue weighted by Crippen LogP contribution is -2.32. The summed E-state index contributed by atoms with van der Waals surface area (Å²) in [7, 11) is 7.62. The Morgan fingerprint density at radius 2 is 1.71 bits per heavy atom. The fourth-order valence-electron chi connectivity index (χ4n) is 3.70. The van der Waals surface area contributed by atoms with Crippen molar-refractivity contribution in [2.75, 3.05) is 7.11 Å². The maximum atomic E-state index is 12.9. The van der Waals surface area contributed by atoms with Gasteiger partial charge in [0.25, 0.3) is 0 Å². The van der Waals surface area contributed by atoms with Gasteiger partial charge in [0.2, 0.25) is 0 Å². The molecule has 0 spiro atoms. The van der Waals surface area contributed by atoms with E-state index in [-0.39, 0.29) is 0 Å². The SMILES string of the molecule is [B]C1(C)C=Cc2c(C(=O)OC)c(-c3ccc(C)cc3)c3ccc(C)cc3c2O1. The molecule has 1 aliphatic heterocycles. The second-order valence-electron chi connectivity index (χ2n) is 7.52. The molecule has 1 aliphatic rings. The average molecular weight is 368 g/mol. The molecular weight excluding hydrogens is 347 g/mol. The van der Waals surface area contributed by atoms with Gasteiger partial charge in [-0.05, 0) is 37.8 Å². The minimum Gasteiger partial charge on any atom is -0.492 e. The van der Waals surface area contributed by atoms with E-state index in [1.807, 2.05) is 56.3 Å². The van der Waals surface area contributed by atoms with E-state index in [9.17, 15) is 4.79 Å². The Morgan fingerprint density at radius 3 is 2.39 bits per heavy atom. The van der Waals surface area contributed by atoms with E-state index in [0.29, 0.717) is 16.9 Å². The van der Waals surface area contributed by atoms with Crippen LogP contribution in [0.2, 0.25) is 0 Å². The summed E-state index contributed by atoms with van der Waals surface area (Å²) in [5.74, 6) is 0.214. The Kier molecular flexibility index (Phi) is 4.30. The molecule has 3 nitrogen and oxygen atoms in total. The first-order chi connectivity index (χ1) is 13.3. The molecule has 0 amide bonds. The van der Waals surface area contributed by atoms with E-state index >= 15 is 0 Å². The number of hydrogen-bond acceptors (Lipinski definition) is 3. The lowest BCUT2D eigenvalue weighted by molar-refractivity contribution is 0.0600. The summed E-state index contributed by atoms with van der Waals surface area (Å²) in [6.45, 7) is 5.86. The number of fused-ring (bicyclic) bond motifs is 3. The summed E-state index contributed by atoms with van der Waals surface area (Å²) < 4.78 is 11.3. The van der Waals surface area contributed by atoms with Crippen LogP contribution >= 0.6 is 0 Å². The van der Waals surface area contributed by atoms with Crippen LogP contribution in [0, 0.1) is 13.8 Å². The minimum atomic E-state index is -0.942. The van der Waals surface area contributed by atoms with Gasteiger partial charge in [0, 0.05) is 16.5 Å². The Labute approximate surface area is 166 Å². The molecule has 0 saturated heterocycles. The van der Waals surface area contributed by atoms with Crippen LogP contribution in [0.1, 0.15) is 34.0 Å². The van der Waals surface area contributed by atoms with Crippen molar-refractivity contribution in [1.82, 2.24) is 0 Å². The van der Waals surface area contributed by atoms with E-state index < -0.39 is 11.5 Å². The number of aryl methyl sites for hydroxylation is 2. The summed E-state index contributed by atoms with van der Waals surface area (Å²) >= 11 is 0. The Morgan fingerprint density at radius 1 is 1.04 bits per heavy atom. The van der Waals surface area contributed by atoms with Gasteiger partial charge < -0.3 is 9.47 Å². The zero-order valence-corrected chi connectivity index (χ0v) is 16.5. The van der Waals surface area contributed by atoms with Crippen LogP contribution in [0.25, 0.3) is 28.0 Å². The molecule has 0 bridgehead atoms. The van der Waals surface area contributed by atoms with Crippen LogP contribution in [0.3, 0.4) is 0 Å². The second-order valence-corrected chi connectivity index (χ2v) is 7.52. The molecular formula is C24H21BO3. The average Bonchev–Trinajstić information content (AvgIpc) is 2.67. The molecule has 2 radical (unpaired) electrons. The summed E-state index contributed by atoms with van der Waals surface area (Å²) in [6.07, 6.45) is 3.63. The van der Waals surface area contributed by atoms with Gasteiger partial charge in [-0.25, -0.2) is 4.79 Å². The standard InChI is InChI=1S/C24H21BO3/c1-14-5-8-16(9-6-14)20-17-10-7-15(2)13-19(17)22-18(21(20)23(26)27-4)11-12-24(3,25)28-22/h5-13H,1-4H3. The highest BCUT2D eigenvalue weighted by Gasteiger charge is 2.30. The molecule has 1 unspecified atom stereocenters. The minimum absolute atomic E-state index is 0.400. The van der Waals surface area contributed by atoms with Crippen LogP contribution in [-0.2, 0) is 4.74 Å². The fraction of sp³-hybridized carbons (Fsp3) is 0.208. The van der Waals surface area contributed by atoms with E-state index in [1.165, 1.54) is 7.11 Å². The van der Waals surface area contributed by atoms with Gasteiger partial charge in [-0.1, -0.05) is 59.7 Å². The van der Waals surface area contributed by atoms with E-state index in [1.54, 1.807) is 13.0 Å². The van der Waals surface area contributed by atoms with Gasteiger partial charge in [-0.15, -0.1) is 0 Å². The van der Waals surface area contributed by atoms with Gasteiger partial charge in [0.05, 0.1) is 18.2 Å². The number of carbonyl (C=O) groups is 1. The Hall–Kier alpha value is -3.01. The Bertz CT molecular complexity index is 1130.